The van der Waals surface area contributed by atoms with Gasteiger partial charge in [-0.3, -0.25) is 9.88 Å². The quantitative estimate of drug-likeness (QED) is 0.769. The van der Waals surface area contributed by atoms with E-state index in [4.69, 9.17) is 0 Å². The average Bonchev–Trinajstić information content (AvgIpc) is 3.12. The number of rotatable bonds is 7. The summed E-state index contributed by atoms with van der Waals surface area (Å²) in [6.07, 6.45) is 3.48. The van der Waals surface area contributed by atoms with Crippen molar-refractivity contribution in [2.75, 3.05) is 50.5 Å². The van der Waals surface area contributed by atoms with Crippen LogP contribution in [0.15, 0.2) is 48.8 Å². The fourth-order valence-corrected chi connectivity index (χ4v) is 2.96. The van der Waals surface area contributed by atoms with Gasteiger partial charge in [-0.15, -0.1) is 0 Å². The van der Waals surface area contributed by atoms with E-state index in [2.05, 4.69) is 15.6 Å². The van der Waals surface area contributed by atoms with Gasteiger partial charge in [0.25, 0.3) is 0 Å². The monoisotopic (exact) mass is 382 g/mol. The first-order valence-electron chi connectivity index (χ1n) is 9.28. The zero-order valence-electron chi connectivity index (χ0n) is 16.3. The third-order valence-corrected chi connectivity index (χ3v) is 4.47. The number of benzene rings is 1. The van der Waals surface area contributed by atoms with Gasteiger partial charge in [-0.1, -0.05) is 12.1 Å². The van der Waals surface area contributed by atoms with Gasteiger partial charge < -0.3 is 20.4 Å². The molecule has 2 N–H and O–H groups in total. The molecule has 8 heteroatoms. The number of carbonyl (C=O) groups excluding carboxylic acids is 2. The van der Waals surface area contributed by atoms with Crippen molar-refractivity contribution in [2.45, 2.75) is 6.54 Å². The van der Waals surface area contributed by atoms with Crippen LogP contribution in [-0.2, 0) is 6.54 Å². The number of aromatic nitrogens is 1. The van der Waals surface area contributed by atoms with Gasteiger partial charge in [-0.05, 0) is 43.9 Å². The van der Waals surface area contributed by atoms with Gasteiger partial charge in [0.2, 0.25) is 0 Å². The molecule has 0 bridgehead atoms. The lowest BCUT2D eigenvalue weighted by Crippen LogP contribution is -2.39. The van der Waals surface area contributed by atoms with E-state index in [-0.39, 0.29) is 12.1 Å². The van der Waals surface area contributed by atoms with E-state index in [0.29, 0.717) is 31.9 Å². The number of nitrogens with zero attached hydrogens (tertiary/aromatic N) is 4. The number of anilines is 2. The molecular weight excluding hydrogens is 356 g/mol. The second-order valence-corrected chi connectivity index (χ2v) is 6.95. The second kappa shape index (κ2) is 9.18. The Morgan fingerprint density at radius 3 is 2.79 bits per heavy atom. The molecule has 0 spiro atoms. The number of likely N-dealkylation sites (N-methyl/N-ethyl adjacent to an activating group) is 1. The highest BCUT2D eigenvalue weighted by Gasteiger charge is 2.21. The van der Waals surface area contributed by atoms with Crippen LogP contribution in [0.4, 0.5) is 21.0 Å². The van der Waals surface area contributed by atoms with E-state index in [0.717, 1.165) is 17.8 Å². The van der Waals surface area contributed by atoms with Crippen LogP contribution in [0.2, 0.25) is 0 Å². The van der Waals surface area contributed by atoms with Crippen LogP contribution >= 0.6 is 0 Å². The van der Waals surface area contributed by atoms with Crippen molar-refractivity contribution in [3.8, 4) is 0 Å². The molecule has 1 fully saturated rings. The van der Waals surface area contributed by atoms with Crippen LogP contribution in [0, 0.1) is 0 Å². The Balaban J connectivity index is 1.71. The first-order valence-corrected chi connectivity index (χ1v) is 9.28. The highest BCUT2D eigenvalue weighted by Crippen LogP contribution is 2.21. The van der Waals surface area contributed by atoms with Gasteiger partial charge in [0.1, 0.15) is 0 Å². The molecule has 0 saturated carbocycles. The summed E-state index contributed by atoms with van der Waals surface area (Å²) in [6, 6.07) is 10.8. The zero-order chi connectivity index (χ0) is 19.9. The van der Waals surface area contributed by atoms with Gasteiger partial charge in [0, 0.05) is 56.5 Å². The zero-order valence-corrected chi connectivity index (χ0v) is 16.3. The number of urea groups is 2. The predicted molar refractivity (Wildman–Crippen MR) is 109 cm³/mol. The first-order chi connectivity index (χ1) is 13.5. The normalized spacial score (nSPS) is 13.5. The molecule has 1 aliphatic heterocycles. The number of carbonyl (C=O) groups is 2. The number of pyridine rings is 1. The largest absolute Gasteiger partial charge is 0.336 e. The van der Waals surface area contributed by atoms with E-state index in [1.807, 2.05) is 55.4 Å². The maximum atomic E-state index is 12.9. The fraction of sp³-hybridized carbons (Fsp3) is 0.350. The maximum absolute atomic E-state index is 12.9. The first kappa shape index (κ1) is 19.6. The standard InChI is InChI=1S/C20H26N6O2/c1-24(2)11-12-25(15-16-5-4-8-21-14-16)20(28)23-17-6-3-7-18(13-17)26-10-9-22-19(26)27/h3-8,13-14H,9-12,15H2,1-2H3,(H,22,27)(H,23,28). The fourth-order valence-electron chi connectivity index (χ4n) is 2.96. The molecule has 3 rings (SSSR count). The molecule has 1 aliphatic rings. The summed E-state index contributed by atoms with van der Waals surface area (Å²) >= 11 is 0. The molecule has 0 radical (unpaired) electrons. The van der Waals surface area contributed by atoms with Crippen molar-refractivity contribution in [1.29, 1.82) is 0 Å². The SMILES string of the molecule is CN(C)CCN(Cc1cccnc1)C(=O)Nc1cccc(N2CCNC2=O)c1. The molecule has 1 saturated heterocycles. The van der Waals surface area contributed by atoms with E-state index in [1.165, 1.54) is 0 Å². The molecule has 8 nitrogen and oxygen atoms in total. The highest BCUT2D eigenvalue weighted by molar-refractivity contribution is 5.95. The Morgan fingerprint density at radius 1 is 1.25 bits per heavy atom. The lowest BCUT2D eigenvalue weighted by molar-refractivity contribution is 0.202. The third-order valence-electron chi connectivity index (χ3n) is 4.47. The van der Waals surface area contributed by atoms with Crippen molar-refractivity contribution >= 4 is 23.4 Å². The minimum Gasteiger partial charge on any atom is -0.336 e. The van der Waals surface area contributed by atoms with Crippen LogP contribution < -0.4 is 15.5 Å². The van der Waals surface area contributed by atoms with Gasteiger partial charge in [-0.2, -0.15) is 0 Å². The molecule has 2 heterocycles. The number of nitrogens with one attached hydrogen (secondary N) is 2. The molecule has 28 heavy (non-hydrogen) atoms. The molecule has 4 amide bonds. The Bertz CT molecular complexity index is 811. The van der Waals surface area contributed by atoms with Crippen molar-refractivity contribution in [1.82, 2.24) is 20.1 Å². The summed E-state index contributed by atoms with van der Waals surface area (Å²) in [7, 11) is 3.95. The van der Waals surface area contributed by atoms with Crippen molar-refractivity contribution in [3.63, 3.8) is 0 Å². The van der Waals surface area contributed by atoms with E-state index in [9.17, 15) is 9.59 Å². The summed E-state index contributed by atoms with van der Waals surface area (Å²) < 4.78 is 0. The Labute approximate surface area is 165 Å². The van der Waals surface area contributed by atoms with E-state index >= 15 is 0 Å². The van der Waals surface area contributed by atoms with Crippen molar-refractivity contribution in [3.05, 3.63) is 54.4 Å². The molecular formula is C20H26N6O2. The molecule has 0 aliphatic carbocycles. The molecule has 0 unspecified atom stereocenters. The Morgan fingerprint density at radius 2 is 2.11 bits per heavy atom. The number of hydrogen-bond donors (Lipinski definition) is 2. The predicted octanol–water partition coefficient (Wildman–Crippen LogP) is 2.21. The van der Waals surface area contributed by atoms with Crippen LogP contribution in [-0.4, -0.2) is 67.1 Å². The van der Waals surface area contributed by atoms with E-state index < -0.39 is 0 Å². The van der Waals surface area contributed by atoms with Gasteiger partial charge >= 0.3 is 12.1 Å². The van der Waals surface area contributed by atoms with Gasteiger partial charge in [0.05, 0.1) is 0 Å². The molecule has 148 valence electrons. The van der Waals surface area contributed by atoms with Crippen LogP contribution in [0.1, 0.15) is 5.56 Å². The summed E-state index contributed by atoms with van der Waals surface area (Å²) in [5, 5.41) is 5.74. The van der Waals surface area contributed by atoms with Crippen LogP contribution in [0.3, 0.4) is 0 Å². The van der Waals surface area contributed by atoms with Gasteiger partial charge in [0.15, 0.2) is 0 Å². The molecule has 1 aromatic heterocycles. The smallest absolute Gasteiger partial charge is 0.322 e. The second-order valence-electron chi connectivity index (χ2n) is 6.95. The van der Waals surface area contributed by atoms with Crippen LogP contribution in [0.5, 0.6) is 0 Å². The Kier molecular flexibility index (Phi) is 6.44. The number of hydrogen-bond acceptors (Lipinski definition) is 4. The van der Waals surface area contributed by atoms with Gasteiger partial charge in [-0.25, -0.2) is 9.59 Å². The summed E-state index contributed by atoms with van der Waals surface area (Å²) in [4.78, 5) is 34.4. The molecule has 1 aromatic carbocycles. The van der Waals surface area contributed by atoms with E-state index in [1.54, 1.807) is 22.2 Å². The number of amides is 4. The topological polar surface area (TPSA) is 80.8 Å². The molecule has 0 atom stereocenters. The lowest BCUT2D eigenvalue weighted by atomic mass is 10.2. The maximum Gasteiger partial charge on any atom is 0.322 e. The average molecular weight is 382 g/mol. The van der Waals surface area contributed by atoms with Crippen molar-refractivity contribution < 1.29 is 9.59 Å². The van der Waals surface area contributed by atoms with Crippen LogP contribution in [0.25, 0.3) is 0 Å². The summed E-state index contributed by atoms with van der Waals surface area (Å²) in [5.41, 5.74) is 2.39. The highest BCUT2D eigenvalue weighted by atomic mass is 16.2. The Hall–Kier alpha value is -3.13. The van der Waals surface area contributed by atoms with Crippen molar-refractivity contribution in [2.24, 2.45) is 0 Å². The minimum absolute atomic E-state index is 0.118. The lowest BCUT2D eigenvalue weighted by Gasteiger charge is -2.25. The summed E-state index contributed by atoms with van der Waals surface area (Å²) in [5.74, 6) is 0. The minimum atomic E-state index is -0.186. The third kappa shape index (κ3) is 5.20. The molecule has 2 aromatic rings. The summed E-state index contributed by atoms with van der Waals surface area (Å²) in [6.45, 7) is 3.05.